The van der Waals surface area contributed by atoms with Crippen LogP contribution in [0.2, 0.25) is 0 Å². The Labute approximate surface area is 117 Å². The molecular formula is C16H15FN2O. The molecule has 0 heterocycles. The lowest BCUT2D eigenvalue weighted by molar-refractivity contribution is 0.340. The predicted molar refractivity (Wildman–Crippen MR) is 76.1 cm³/mol. The largest absolute Gasteiger partial charge is 0.494 e. The molecule has 2 aromatic carbocycles. The molecule has 0 saturated carbocycles. The lowest BCUT2D eigenvalue weighted by Gasteiger charge is -2.08. The van der Waals surface area contributed by atoms with Crippen LogP contribution < -0.4 is 10.1 Å². The van der Waals surface area contributed by atoms with Crippen LogP contribution in [0.4, 0.5) is 10.1 Å². The zero-order valence-electron chi connectivity index (χ0n) is 11.2. The number of nitrogens with one attached hydrogen (secondary N) is 1. The molecule has 0 aliphatic rings. The molecule has 0 atom stereocenters. The molecule has 0 aliphatic carbocycles. The maximum Gasteiger partial charge on any atom is 0.140 e. The van der Waals surface area contributed by atoms with Gasteiger partial charge in [0.05, 0.1) is 12.2 Å². The molecule has 0 aromatic heterocycles. The van der Waals surface area contributed by atoms with Gasteiger partial charge in [-0.05, 0) is 48.9 Å². The van der Waals surface area contributed by atoms with Crippen LogP contribution in [0.15, 0.2) is 42.5 Å². The highest BCUT2D eigenvalue weighted by atomic mass is 19.1. The highest BCUT2D eigenvalue weighted by Gasteiger charge is 2.02. The van der Waals surface area contributed by atoms with Crippen LogP contribution in [0.3, 0.4) is 0 Å². The second-order valence-corrected chi connectivity index (χ2v) is 4.24. The smallest absolute Gasteiger partial charge is 0.140 e. The molecule has 1 N–H and O–H groups in total. The summed E-state index contributed by atoms with van der Waals surface area (Å²) in [5.74, 6) is 0.337. The van der Waals surface area contributed by atoms with Crippen LogP contribution in [0.1, 0.15) is 18.1 Å². The van der Waals surface area contributed by atoms with Gasteiger partial charge in [-0.15, -0.1) is 0 Å². The zero-order valence-corrected chi connectivity index (χ0v) is 11.2. The zero-order chi connectivity index (χ0) is 14.4. The lowest BCUT2D eigenvalue weighted by Crippen LogP contribution is -2.00. The fourth-order valence-corrected chi connectivity index (χ4v) is 1.81. The standard InChI is InChI=1S/C16H15FN2O/c1-2-20-15-6-4-14(5-7-15)19-11-12-3-8-16(17)13(9-12)10-18/h3-9,19H,2,11H2,1H3. The summed E-state index contributed by atoms with van der Waals surface area (Å²) in [5, 5.41) is 12.0. The van der Waals surface area contributed by atoms with Gasteiger partial charge in [0.1, 0.15) is 17.6 Å². The number of anilines is 1. The summed E-state index contributed by atoms with van der Waals surface area (Å²) in [6.07, 6.45) is 0. The monoisotopic (exact) mass is 270 g/mol. The molecule has 20 heavy (non-hydrogen) atoms. The van der Waals surface area contributed by atoms with Gasteiger partial charge in [-0.3, -0.25) is 0 Å². The molecule has 0 amide bonds. The van der Waals surface area contributed by atoms with Crippen molar-refractivity contribution in [2.75, 3.05) is 11.9 Å². The third kappa shape index (κ3) is 3.48. The van der Waals surface area contributed by atoms with E-state index in [1.807, 2.05) is 37.3 Å². The predicted octanol–water partition coefficient (Wildman–Crippen LogP) is 3.71. The van der Waals surface area contributed by atoms with Crippen molar-refractivity contribution in [2.24, 2.45) is 0 Å². The average Bonchev–Trinajstić information content (AvgIpc) is 2.48. The Bertz CT molecular complexity index is 617. The van der Waals surface area contributed by atoms with Crippen molar-refractivity contribution in [3.8, 4) is 11.8 Å². The van der Waals surface area contributed by atoms with E-state index in [0.29, 0.717) is 13.2 Å². The van der Waals surface area contributed by atoms with E-state index in [9.17, 15) is 4.39 Å². The van der Waals surface area contributed by atoms with Crippen molar-refractivity contribution in [3.63, 3.8) is 0 Å². The molecule has 0 saturated heterocycles. The van der Waals surface area contributed by atoms with Crippen molar-refractivity contribution >= 4 is 5.69 Å². The Morgan fingerprint density at radius 3 is 2.60 bits per heavy atom. The molecule has 0 spiro atoms. The van der Waals surface area contributed by atoms with Gasteiger partial charge in [0.15, 0.2) is 0 Å². The maximum absolute atomic E-state index is 13.2. The summed E-state index contributed by atoms with van der Waals surface area (Å²) in [6.45, 7) is 3.11. The van der Waals surface area contributed by atoms with Gasteiger partial charge in [-0.25, -0.2) is 4.39 Å². The van der Waals surface area contributed by atoms with Gasteiger partial charge in [-0.1, -0.05) is 6.07 Å². The summed E-state index contributed by atoms with van der Waals surface area (Å²) >= 11 is 0. The number of ether oxygens (including phenoxy) is 1. The Kier molecular flexibility index (Phi) is 4.56. The quantitative estimate of drug-likeness (QED) is 0.900. The molecule has 0 bridgehead atoms. The highest BCUT2D eigenvalue weighted by molar-refractivity contribution is 5.47. The van der Waals surface area contributed by atoms with Gasteiger partial charge in [0, 0.05) is 12.2 Å². The number of hydrogen-bond acceptors (Lipinski definition) is 3. The van der Waals surface area contributed by atoms with Gasteiger partial charge in [0.2, 0.25) is 0 Å². The summed E-state index contributed by atoms with van der Waals surface area (Å²) in [7, 11) is 0. The van der Waals surface area contributed by atoms with Gasteiger partial charge >= 0.3 is 0 Å². The molecule has 3 nitrogen and oxygen atoms in total. The van der Waals surface area contributed by atoms with Crippen LogP contribution in [0, 0.1) is 17.1 Å². The Morgan fingerprint density at radius 1 is 1.20 bits per heavy atom. The Hall–Kier alpha value is -2.54. The van der Waals surface area contributed by atoms with Crippen molar-refractivity contribution in [2.45, 2.75) is 13.5 Å². The van der Waals surface area contributed by atoms with Crippen molar-refractivity contribution < 1.29 is 9.13 Å². The fraction of sp³-hybridized carbons (Fsp3) is 0.188. The van der Waals surface area contributed by atoms with E-state index < -0.39 is 5.82 Å². The number of hydrogen-bond donors (Lipinski definition) is 1. The Morgan fingerprint density at radius 2 is 1.95 bits per heavy atom. The van der Waals surface area contributed by atoms with Gasteiger partial charge in [-0.2, -0.15) is 5.26 Å². The molecular weight excluding hydrogens is 255 g/mol. The van der Waals surface area contributed by atoms with Crippen LogP contribution in [-0.2, 0) is 6.54 Å². The summed E-state index contributed by atoms with van der Waals surface area (Å²) in [5.41, 5.74) is 1.86. The second kappa shape index (κ2) is 6.58. The number of nitrogens with zero attached hydrogens (tertiary/aromatic N) is 1. The number of rotatable bonds is 5. The first-order valence-electron chi connectivity index (χ1n) is 6.38. The Balaban J connectivity index is 2.00. The van der Waals surface area contributed by atoms with Crippen molar-refractivity contribution in [1.82, 2.24) is 0 Å². The number of halogens is 1. The topological polar surface area (TPSA) is 45.0 Å². The van der Waals surface area contributed by atoms with Crippen LogP contribution in [-0.4, -0.2) is 6.61 Å². The van der Waals surface area contributed by atoms with E-state index in [1.54, 1.807) is 12.1 Å². The van der Waals surface area contributed by atoms with Crippen LogP contribution >= 0.6 is 0 Å². The molecule has 0 radical (unpaired) electrons. The average molecular weight is 270 g/mol. The SMILES string of the molecule is CCOc1ccc(NCc2ccc(F)c(C#N)c2)cc1. The van der Waals surface area contributed by atoms with E-state index in [1.165, 1.54) is 6.07 Å². The molecule has 0 unspecified atom stereocenters. The fourth-order valence-electron chi connectivity index (χ4n) is 1.81. The third-order valence-corrected chi connectivity index (χ3v) is 2.81. The molecule has 0 fully saturated rings. The summed E-state index contributed by atoms with van der Waals surface area (Å²) < 4.78 is 18.6. The maximum atomic E-state index is 13.2. The minimum absolute atomic E-state index is 0.0657. The van der Waals surface area contributed by atoms with Gasteiger partial charge < -0.3 is 10.1 Å². The van der Waals surface area contributed by atoms with E-state index >= 15 is 0 Å². The molecule has 0 aliphatic heterocycles. The second-order valence-electron chi connectivity index (χ2n) is 4.24. The highest BCUT2D eigenvalue weighted by Crippen LogP contribution is 2.17. The van der Waals surface area contributed by atoms with Crippen LogP contribution in [0.5, 0.6) is 5.75 Å². The van der Waals surface area contributed by atoms with E-state index in [-0.39, 0.29) is 5.56 Å². The van der Waals surface area contributed by atoms with Crippen LogP contribution in [0.25, 0.3) is 0 Å². The number of benzene rings is 2. The molecule has 2 aromatic rings. The minimum Gasteiger partial charge on any atom is -0.494 e. The molecule has 4 heteroatoms. The van der Waals surface area contributed by atoms with E-state index in [0.717, 1.165) is 17.0 Å². The minimum atomic E-state index is -0.489. The van der Waals surface area contributed by atoms with E-state index in [2.05, 4.69) is 5.32 Å². The molecule has 102 valence electrons. The van der Waals surface area contributed by atoms with E-state index in [4.69, 9.17) is 10.00 Å². The first-order valence-corrected chi connectivity index (χ1v) is 6.38. The normalized spacial score (nSPS) is 9.85. The first-order chi connectivity index (χ1) is 9.72. The van der Waals surface area contributed by atoms with Crippen molar-refractivity contribution in [3.05, 3.63) is 59.4 Å². The summed E-state index contributed by atoms with van der Waals surface area (Å²) in [4.78, 5) is 0. The summed E-state index contributed by atoms with van der Waals surface area (Å²) in [6, 6.07) is 14.0. The third-order valence-electron chi connectivity index (χ3n) is 2.81. The lowest BCUT2D eigenvalue weighted by atomic mass is 10.1. The first kappa shape index (κ1) is 13.9. The molecule has 2 rings (SSSR count). The van der Waals surface area contributed by atoms with Gasteiger partial charge in [0.25, 0.3) is 0 Å². The van der Waals surface area contributed by atoms with Crippen molar-refractivity contribution in [1.29, 1.82) is 5.26 Å². The number of nitriles is 1.